The third kappa shape index (κ3) is 2.99. The Bertz CT molecular complexity index is 855. The van der Waals surface area contributed by atoms with Crippen LogP contribution in [0.15, 0.2) is 24.4 Å². The van der Waals surface area contributed by atoms with Crippen molar-refractivity contribution in [1.82, 2.24) is 15.2 Å². The van der Waals surface area contributed by atoms with Crippen molar-refractivity contribution >= 4 is 10.9 Å². The quantitative estimate of drug-likeness (QED) is 0.602. The van der Waals surface area contributed by atoms with Crippen molar-refractivity contribution in [1.29, 1.82) is 0 Å². The molecule has 2 aliphatic carbocycles. The van der Waals surface area contributed by atoms with Gasteiger partial charge in [0.1, 0.15) is 0 Å². The summed E-state index contributed by atoms with van der Waals surface area (Å²) in [6.07, 6.45) is 11.1. The molecule has 4 heteroatoms. The lowest BCUT2D eigenvalue weighted by Gasteiger charge is -2.22. The van der Waals surface area contributed by atoms with Crippen molar-refractivity contribution < 1.29 is 5.11 Å². The molecule has 5 rings (SSSR count). The first kappa shape index (κ1) is 16.4. The summed E-state index contributed by atoms with van der Waals surface area (Å²) in [6.45, 7) is 1.93. The molecule has 2 aliphatic rings. The van der Waals surface area contributed by atoms with E-state index >= 15 is 0 Å². The highest BCUT2D eigenvalue weighted by Crippen LogP contribution is 2.39. The lowest BCUT2D eigenvalue weighted by molar-refractivity contribution is 0.318. The number of aromatic nitrogens is 3. The van der Waals surface area contributed by atoms with Crippen molar-refractivity contribution in [3.8, 4) is 11.4 Å². The molecule has 0 atom stereocenters. The largest absolute Gasteiger partial charge is 0.397 e. The van der Waals surface area contributed by atoms with Gasteiger partial charge in [-0.15, -0.1) is 0 Å². The standard InChI is InChI=1S/C19H21N3.C2H6O/c1-2-4-12(5-3-1)13-7-9-17-16(10-13)15-8-6-14-11-20-22-18(14)19(15)21-17;1-2-3/h7,9-12,21H,1-6,8H2,(H,20,22);3H,2H2,1H3. The molecule has 1 saturated carbocycles. The number of aliphatic hydroxyl groups is 1. The van der Waals surface area contributed by atoms with E-state index in [2.05, 4.69) is 33.4 Å². The second kappa shape index (κ2) is 7.04. The van der Waals surface area contributed by atoms with Gasteiger partial charge >= 0.3 is 0 Å². The number of nitrogens with zero attached hydrogens (tertiary/aromatic N) is 1. The Morgan fingerprint density at radius 2 is 1.92 bits per heavy atom. The number of rotatable bonds is 1. The minimum Gasteiger partial charge on any atom is -0.397 e. The molecule has 1 aromatic carbocycles. The zero-order chi connectivity index (χ0) is 17.2. The molecule has 0 unspecified atom stereocenters. The van der Waals surface area contributed by atoms with Gasteiger partial charge in [-0.3, -0.25) is 5.10 Å². The molecule has 4 nitrogen and oxygen atoms in total. The highest BCUT2D eigenvalue weighted by atomic mass is 16.2. The van der Waals surface area contributed by atoms with Gasteiger partial charge < -0.3 is 10.1 Å². The monoisotopic (exact) mass is 337 g/mol. The second-order valence-corrected chi connectivity index (χ2v) is 7.20. The Morgan fingerprint density at radius 1 is 1.12 bits per heavy atom. The topological polar surface area (TPSA) is 64.7 Å². The van der Waals surface area contributed by atoms with Crippen LogP contribution in [0.1, 0.15) is 61.6 Å². The summed E-state index contributed by atoms with van der Waals surface area (Å²) in [5, 5.41) is 16.4. The highest BCUT2D eigenvalue weighted by Gasteiger charge is 2.23. The smallest absolute Gasteiger partial charge is 0.0847 e. The predicted octanol–water partition coefficient (Wildman–Crippen LogP) is 4.70. The Morgan fingerprint density at radius 3 is 2.72 bits per heavy atom. The second-order valence-electron chi connectivity index (χ2n) is 7.20. The molecule has 0 saturated heterocycles. The first-order valence-electron chi connectivity index (χ1n) is 9.59. The van der Waals surface area contributed by atoms with Crippen LogP contribution in [-0.4, -0.2) is 26.9 Å². The van der Waals surface area contributed by atoms with E-state index in [1.54, 1.807) is 12.5 Å². The number of hydrogen-bond acceptors (Lipinski definition) is 2. The molecule has 0 bridgehead atoms. The summed E-state index contributed by atoms with van der Waals surface area (Å²) in [4.78, 5) is 3.62. The fourth-order valence-electron chi connectivity index (χ4n) is 4.41. The molecule has 3 N–H and O–H groups in total. The zero-order valence-corrected chi connectivity index (χ0v) is 14.9. The van der Waals surface area contributed by atoms with Crippen LogP contribution in [0, 0.1) is 0 Å². The Hall–Kier alpha value is -2.07. The van der Waals surface area contributed by atoms with E-state index in [1.807, 2.05) is 6.20 Å². The minimum absolute atomic E-state index is 0.250. The number of fused-ring (bicyclic) bond motifs is 5. The summed E-state index contributed by atoms with van der Waals surface area (Å²) in [5.74, 6) is 0.773. The molecule has 25 heavy (non-hydrogen) atoms. The fraction of sp³-hybridized carbons (Fsp3) is 0.476. The number of hydrogen-bond donors (Lipinski definition) is 3. The van der Waals surface area contributed by atoms with Gasteiger partial charge in [-0.05, 0) is 67.3 Å². The van der Waals surface area contributed by atoms with Crippen molar-refractivity contribution in [3.63, 3.8) is 0 Å². The van der Waals surface area contributed by atoms with Crippen molar-refractivity contribution in [2.75, 3.05) is 6.61 Å². The summed E-state index contributed by atoms with van der Waals surface area (Å²) >= 11 is 0. The van der Waals surface area contributed by atoms with Gasteiger partial charge in [0.2, 0.25) is 0 Å². The molecular weight excluding hydrogens is 310 g/mol. The molecule has 132 valence electrons. The van der Waals surface area contributed by atoms with Crippen molar-refractivity contribution in [3.05, 3.63) is 41.1 Å². The van der Waals surface area contributed by atoms with Gasteiger partial charge in [-0.1, -0.05) is 25.3 Å². The van der Waals surface area contributed by atoms with Crippen LogP contribution in [0.3, 0.4) is 0 Å². The Kier molecular flexibility index (Phi) is 4.62. The first-order chi connectivity index (χ1) is 12.3. The van der Waals surface area contributed by atoms with Gasteiger partial charge in [0.25, 0.3) is 0 Å². The van der Waals surface area contributed by atoms with E-state index in [1.165, 1.54) is 65.5 Å². The van der Waals surface area contributed by atoms with Crippen LogP contribution >= 0.6 is 0 Å². The van der Waals surface area contributed by atoms with Gasteiger partial charge in [0.15, 0.2) is 0 Å². The van der Waals surface area contributed by atoms with Gasteiger partial charge in [0.05, 0.1) is 17.6 Å². The number of aliphatic hydroxyl groups excluding tert-OH is 1. The SMILES string of the molecule is CCO.c1cc2[nH]c3c(c2cc1C1CCCCC1)CCc1cn[nH]c1-3. The van der Waals surface area contributed by atoms with E-state index in [-0.39, 0.29) is 6.61 Å². The van der Waals surface area contributed by atoms with Crippen LogP contribution in [0.4, 0.5) is 0 Å². The molecule has 0 aliphatic heterocycles. The van der Waals surface area contributed by atoms with Crippen LogP contribution in [-0.2, 0) is 12.8 Å². The van der Waals surface area contributed by atoms with Gasteiger partial charge in [-0.2, -0.15) is 5.10 Å². The number of nitrogens with one attached hydrogen (secondary N) is 2. The van der Waals surface area contributed by atoms with E-state index in [0.29, 0.717) is 0 Å². The predicted molar refractivity (Wildman–Crippen MR) is 102 cm³/mol. The molecule has 0 spiro atoms. The fourth-order valence-corrected chi connectivity index (χ4v) is 4.41. The van der Waals surface area contributed by atoms with Gasteiger partial charge in [-0.25, -0.2) is 0 Å². The van der Waals surface area contributed by atoms with Crippen LogP contribution in [0.5, 0.6) is 0 Å². The summed E-state index contributed by atoms with van der Waals surface area (Å²) in [5.41, 5.74) is 8.08. The molecule has 2 heterocycles. The van der Waals surface area contributed by atoms with Crippen LogP contribution < -0.4 is 0 Å². The lowest BCUT2D eigenvalue weighted by Crippen LogP contribution is -2.04. The van der Waals surface area contributed by atoms with E-state index in [9.17, 15) is 0 Å². The molecule has 1 fully saturated rings. The summed E-state index contributed by atoms with van der Waals surface area (Å²) < 4.78 is 0. The normalized spacial score (nSPS) is 16.9. The van der Waals surface area contributed by atoms with Crippen LogP contribution in [0.2, 0.25) is 0 Å². The number of aromatic amines is 2. The summed E-state index contributed by atoms with van der Waals surface area (Å²) in [7, 11) is 0. The molecule has 2 aromatic heterocycles. The van der Waals surface area contributed by atoms with E-state index in [0.717, 1.165) is 18.8 Å². The zero-order valence-electron chi connectivity index (χ0n) is 14.9. The van der Waals surface area contributed by atoms with Gasteiger partial charge in [0, 0.05) is 17.5 Å². The maximum Gasteiger partial charge on any atom is 0.0847 e. The Labute approximate surface area is 148 Å². The number of aryl methyl sites for hydroxylation is 2. The maximum atomic E-state index is 7.57. The average molecular weight is 337 g/mol. The summed E-state index contributed by atoms with van der Waals surface area (Å²) in [6, 6.07) is 7.09. The first-order valence-corrected chi connectivity index (χ1v) is 9.59. The number of benzene rings is 1. The lowest BCUT2D eigenvalue weighted by atomic mass is 9.83. The molecule has 0 radical (unpaired) electrons. The minimum atomic E-state index is 0.250. The molecule has 0 amide bonds. The number of H-pyrrole nitrogens is 2. The molecule has 3 aromatic rings. The van der Waals surface area contributed by atoms with E-state index < -0.39 is 0 Å². The van der Waals surface area contributed by atoms with Crippen LogP contribution in [0.25, 0.3) is 22.3 Å². The highest BCUT2D eigenvalue weighted by molar-refractivity contribution is 5.92. The maximum absolute atomic E-state index is 7.57. The Balaban J connectivity index is 0.000000490. The van der Waals surface area contributed by atoms with Crippen molar-refractivity contribution in [2.45, 2.75) is 57.8 Å². The third-order valence-corrected chi connectivity index (χ3v) is 5.62. The average Bonchev–Trinajstić information content (AvgIpc) is 3.26. The van der Waals surface area contributed by atoms with E-state index in [4.69, 9.17) is 5.11 Å². The third-order valence-electron chi connectivity index (χ3n) is 5.62. The van der Waals surface area contributed by atoms with Crippen molar-refractivity contribution in [2.24, 2.45) is 0 Å². The molecular formula is C21H27N3O.